The number of carbonyl (C=O) groups is 1. The van der Waals surface area contributed by atoms with E-state index in [4.69, 9.17) is 4.74 Å². The van der Waals surface area contributed by atoms with Crippen LogP contribution in [0.3, 0.4) is 0 Å². The molecule has 0 heterocycles. The second-order valence-corrected chi connectivity index (χ2v) is 15.8. The van der Waals surface area contributed by atoms with Gasteiger partial charge in [-0.3, -0.25) is 4.79 Å². The zero-order chi connectivity index (χ0) is 35.3. The third-order valence-electron chi connectivity index (χ3n) is 10.4. The molecule has 4 aromatic rings. The highest BCUT2D eigenvalue weighted by molar-refractivity contribution is 7.89. The summed E-state index contributed by atoms with van der Waals surface area (Å²) in [6.07, 6.45) is 4.10. The maximum Gasteiger partial charge on any atom is 0.311 e. The zero-order valence-corrected chi connectivity index (χ0v) is 31.0. The van der Waals surface area contributed by atoms with E-state index in [1.807, 2.05) is 32.9 Å². The number of ether oxygens (including phenoxy) is 1. The van der Waals surface area contributed by atoms with Gasteiger partial charge in [-0.25, -0.2) is 13.1 Å². The van der Waals surface area contributed by atoms with Gasteiger partial charge < -0.3 is 15.0 Å². The molecule has 7 nitrogen and oxygen atoms in total. The lowest BCUT2D eigenvalue weighted by Crippen LogP contribution is -2.42. The summed E-state index contributed by atoms with van der Waals surface area (Å²) in [7, 11) is -2.37. The van der Waals surface area contributed by atoms with Crippen LogP contribution in [-0.4, -0.2) is 46.7 Å². The molecule has 3 unspecified atom stereocenters. The number of nitrogens with zero attached hydrogens (tertiary/aromatic N) is 1. The minimum absolute atomic E-state index is 0.0931. The van der Waals surface area contributed by atoms with Crippen molar-refractivity contribution < 1.29 is 17.9 Å². The summed E-state index contributed by atoms with van der Waals surface area (Å²) in [4.78, 5) is 15.7. The summed E-state index contributed by atoms with van der Waals surface area (Å²) in [5.74, 6) is -0.403. The topological polar surface area (TPSA) is 87.7 Å². The van der Waals surface area contributed by atoms with Gasteiger partial charge in [0.25, 0.3) is 0 Å². The molecule has 0 saturated heterocycles. The standard InChI is InChI=1S/C41H53N3O4S/c1-8-41(5,6)40(45)48-36-16-12-11-15-35(36)43-34-27-26-33(39-32(34)14-13-17-37(39)49(46,47)42-7)38(29-20-18-28(4)19-21-29)30-22-24-31(25-23-30)44(9-2)10-3/h13-14,17-27,35-36,38,42-43H,8-12,15-16H2,1-7H3. The lowest BCUT2D eigenvalue weighted by Gasteiger charge is -2.35. The van der Waals surface area contributed by atoms with Gasteiger partial charge in [-0.05, 0) is 108 Å². The highest BCUT2D eigenvalue weighted by atomic mass is 32.2. The molecule has 3 atom stereocenters. The molecular weight excluding hydrogens is 631 g/mol. The van der Waals surface area contributed by atoms with Gasteiger partial charge in [0.1, 0.15) is 6.10 Å². The molecule has 0 bridgehead atoms. The normalized spacial score (nSPS) is 17.4. The number of carbonyl (C=O) groups excluding carboxylic acids is 1. The Labute approximate surface area is 293 Å². The number of nitrogens with one attached hydrogen (secondary N) is 2. The average Bonchev–Trinajstić information content (AvgIpc) is 3.11. The van der Waals surface area contributed by atoms with E-state index in [9.17, 15) is 13.2 Å². The molecule has 1 fully saturated rings. The van der Waals surface area contributed by atoms with Crippen molar-refractivity contribution in [3.05, 3.63) is 101 Å². The molecule has 5 rings (SSSR count). The van der Waals surface area contributed by atoms with Gasteiger partial charge in [0, 0.05) is 41.2 Å². The summed E-state index contributed by atoms with van der Waals surface area (Å²) in [5, 5.41) is 5.23. The Hall–Kier alpha value is -3.88. The van der Waals surface area contributed by atoms with Crippen molar-refractivity contribution in [3.8, 4) is 0 Å². The first-order chi connectivity index (χ1) is 23.4. The number of hydrogen-bond acceptors (Lipinski definition) is 6. The fourth-order valence-corrected chi connectivity index (χ4v) is 7.89. The van der Waals surface area contributed by atoms with Gasteiger partial charge in [-0.1, -0.05) is 73.5 Å². The minimum atomic E-state index is -3.83. The Balaban J connectivity index is 1.68. The van der Waals surface area contributed by atoms with Gasteiger partial charge >= 0.3 is 5.97 Å². The second kappa shape index (κ2) is 15.3. The van der Waals surface area contributed by atoms with E-state index < -0.39 is 15.4 Å². The molecule has 0 amide bonds. The quantitative estimate of drug-likeness (QED) is 0.108. The molecule has 8 heteroatoms. The van der Waals surface area contributed by atoms with Crippen LogP contribution < -0.4 is 14.9 Å². The highest BCUT2D eigenvalue weighted by Gasteiger charge is 2.35. The van der Waals surface area contributed by atoms with Crippen molar-refractivity contribution in [1.82, 2.24) is 4.72 Å². The Kier molecular flexibility index (Phi) is 11.4. The van der Waals surface area contributed by atoms with E-state index in [1.165, 1.54) is 7.05 Å². The summed E-state index contributed by atoms with van der Waals surface area (Å²) in [6, 6.07) is 26.7. The number of sulfonamides is 1. The predicted molar refractivity (Wildman–Crippen MR) is 202 cm³/mol. The molecule has 2 N–H and O–H groups in total. The SMILES string of the molecule is CCN(CC)c1ccc(C(c2ccc(C)cc2)c2ccc(NC3CCCCC3OC(=O)C(C)(C)CC)c3cccc(S(=O)(=O)NC)c23)cc1. The van der Waals surface area contributed by atoms with Crippen LogP contribution in [0.25, 0.3) is 10.8 Å². The third-order valence-corrected chi connectivity index (χ3v) is 11.9. The lowest BCUT2D eigenvalue weighted by atomic mass is 9.82. The van der Waals surface area contributed by atoms with Gasteiger partial charge in [0.15, 0.2) is 0 Å². The molecular formula is C41H53N3O4S. The van der Waals surface area contributed by atoms with E-state index in [1.54, 1.807) is 6.07 Å². The molecule has 1 aliphatic rings. The summed E-state index contributed by atoms with van der Waals surface area (Å²) >= 11 is 0. The Morgan fingerprint density at radius 1 is 0.898 bits per heavy atom. The highest BCUT2D eigenvalue weighted by Crippen LogP contribution is 2.42. The predicted octanol–water partition coefficient (Wildman–Crippen LogP) is 8.79. The number of hydrogen-bond donors (Lipinski definition) is 2. The first-order valence-corrected chi connectivity index (χ1v) is 19.3. The Morgan fingerprint density at radius 3 is 2.14 bits per heavy atom. The summed E-state index contributed by atoms with van der Waals surface area (Å²) < 4.78 is 36.1. The fourth-order valence-electron chi connectivity index (χ4n) is 6.92. The van der Waals surface area contributed by atoms with Crippen LogP contribution in [0.4, 0.5) is 11.4 Å². The Morgan fingerprint density at radius 2 is 1.53 bits per heavy atom. The number of fused-ring (bicyclic) bond motifs is 1. The lowest BCUT2D eigenvalue weighted by molar-refractivity contribution is -0.161. The molecule has 4 aromatic carbocycles. The molecule has 0 aliphatic heterocycles. The second-order valence-electron chi connectivity index (χ2n) is 13.9. The molecule has 0 aromatic heterocycles. The van der Waals surface area contributed by atoms with E-state index in [0.29, 0.717) is 11.8 Å². The first-order valence-electron chi connectivity index (χ1n) is 17.8. The van der Waals surface area contributed by atoms with Crippen LogP contribution in [0.5, 0.6) is 0 Å². The largest absolute Gasteiger partial charge is 0.460 e. The van der Waals surface area contributed by atoms with E-state index >= 15 is 0 Å². The van der Waals surface area contributed by atoms with Crippen molar-refractivity contribution in [2.45, 2.75) is 96.6 Å². The maximum atomic E-state index is 13.7. The van der Waals surface area contributed by atoms with Crippen molar-refractivity contribution in [1.29, 1.82) is 0 Å². The maximum absolute atomic E-state index is 13.7. The smallest absolute Gasteiger partial charge is 0.311 e. The van der Waals surface area contributed by atoms with Crippen LogP contribution in [-0.2, 0) is 19.6 Å². The summed E-state index contributed by atoms with van der Waals surface area (Å²) in [6.45, 7) is 14.1. The van der Waals surface area contributed by atoms with Gasteiger partial charge in [-0.15, -0.1) is 0 Å². The van der Waals surface area contributed by atoms with Crippen molar-refractivity contribution in [2.75, 3.05) is 30.4 Å². The minimum Gasteiger partial charge on any atom is -0.460 e. The van der Waals surface area contributed by atoms with E-state index in [-0.39, 0.29) is 28.9 Å². The zero-order valence-electron chi connectivity index (χ0n) is 30.2. The Bertz CT molecular complexity index is 1850. The third kappa shape index (κ3) is 7.81. The van der Waals surface area contributed by atoms with Crippen LogP contribution in [0.1, 0.15) is 94.9 Å². The van der Waals surface area contributed by atoms with Crippen molar-refractivity contribution >= 4 is 38.1 Å². The molecule has 1 aliphatic carbocycles. The van der Waals surface area contributed by atoms with Gasteiger partial charge in [0.05, 0.1) is 16.4 Å². The molecule has 1 saturated carbocycles. The summed E-state index contributed by atoms with van der Waals surface area (Å²) in [5.41, 5.74) is 5.66. The molecule has 262 valence electrons. The average molecular weight is 684 g/mol. The number of benzene rings is 4. The van der Waals surface area contributed by atoms with Crippen molar-refractivity contribution in [3.63, 3.8) is 0 Å². The van der Waals surface area contributed by atoms with Gasteiger partial charge in [-0.2, -0.15) is 0 Å². The molecule has 0 spiro atoms. The molecule has 49 heavy (non-hydrogen) atoms. The number of anilines is 2. The number of aryl methyl sites for hydroxylation is 1. The van der Waals surface area contributed by atoms with Crippen LogP contribution >= 0.6 is 0 Å². The molecule has 0 radical (unpaired) electrons. The number of esters is 1. The van der Waals surface area contributed by atoms with Crippen LogP contribution in [0, 0.1) is 12.3 Å². The monoisotopic (exact) mass is 683 g/mol. The van der Waals surface area contributed by atoms with Crippen LogP contribution in [0.15, 0.2) is 83.8 Å². The number of rotatable bonds is 13. The van der Waals surface area contributed by atoms with Gasteiger partial charge in [0.2, 0.25) is 10.0 Å². The first kappa shape index (κ1) is 36.4. The van der Waals surface area contributed by atoms with Crippen LogP contribution in [0.2, 0.25) is 0 Å². The van der Waals surface area contributed by atoms with E-state index in [2.05, 4.69) is 96.4 Å². The fraction of sp³-hybridized carbons (Fsp3) is 0.439. The van der Waals surface area contributed by atoms with E-state index in [0.717, 1.165) is 77.8 Å². The van der Waals surface area contributed by atoms with Crippen molar-refractivity contribution in [2.24, 2.45) is 5.41 Å².